The molecule has 0 aromatic heterocycles. The molecule has 378 valence electrons. The first-order valence-electron chi connectivity index (χ1n) is 28.1. The van der Waals surface area contributed by atoms with E-state index in [2.05, 4.69) is 13.8 Å². The largest absolute Gasteiger partial charge is 0.507 e. The quantitative estimate of drug-likeness (QED) is 0.0512. The van der Waals surface area contributed by atoms with Gasteiger partial charge in [-0.2, -0.15) is 0 Å². The van der Waals surface area contributed by atoms with Crippen LogP contribution in [0, 0.1) is 0 Å². The van der Waals surface area contributed by atoms with Crippen molar-refractivity contribution in [1.82, 2.24) is 0 Å². The van der Waals surface area contributed by atoms with E-state index in [-0.39, 0.29) is 11.5 Å². The minimum atomic E-state index is -0.594. The lowest BCUT2D eigenvalue weighted by Gasteiger charge is -2.35. The van der Waals surface area contributed by atoms with Gasteiger partial charge in [0.05, 0.1) is 24.3 Å². The number of hydrogen-bond donors (Lipinski definition) is 2. The molecule has 2 N–H and O–H groups in total. The van der Waals surface area contributed by atoms with Crippen LogP contribution in [0.4, 0.5) is 0 Å². The molecule has 0 saturated heterocycles. The highest BCUT2D eigenvalue weighted by Gasteiger charge is 2.36. The van der Waals surface area contributed by atoms with Crippen molar-refractivity contribution in [1.29, 1.82) is 0 Å². The first-order valence-corrected chi connectivity index (χ1v) is 28.1. The molecule has 0 heterocycles. The Kier molecular flexibility index (Phi) is 34.8. The maximum atomic E-state index is 10.8. The smallest absolute Gasteiger partial charge is 0.128 e. The molecule has 0 aliphatic carbocycles. The molecule has 6 nitrogen and oxygen atoms in total. The maximum absolute atomic E-state index is 10.8. The van der Waals surface area contributed by atoms with E-state index in [4.69, 9.17) is 19.5 Å². The first-order chi connectivity index (χ1) is 32.1. The molecular formula is C60H104N2O4. The fourth-order valence-electron chi connectivity index (χ4n) is 8.61. The third kappa shape index (κ3) is 29.7. The molecule has 0 atom stereocenters. The van der Waals surface area contributed by atoms with Crippen LogP contribution >= 0.6 is 0 Å². The van der Waals surface area contributed by atoms with Crippen molar-refractivity contribution in [2.45, 2.75) is 284 Å². The molecule has 2 rings (SSSR count). The van der Waals surface area contributed by atoms with Crippen LogP contribution < -0.4 is 9.47 Å². The first kappa shape index (κ1) is 59.1. The predicted molar refractivity (Wildman–Crippen MR) is 288 cm³/mol. The minimum Gasteiger partial charge on any atom is -0.507 e. The number of nitrogens with zero attached hydrogens (tertiary/aromatic N) is 2. The summed E-state index contributed by atoms with van der Waals surface area (Å²) in [4.78, 5) is 9.74. The summed E-state index contributed by atoms with van der Waals surface area (Å²) < 4.78 is 12.0. The van der Waals surface area contributed by atoms with Gasteiger partial charge in [0.2, 0.25) is 0 Å². The summed E-state index contributed by atoms with van der Waals surface area (Å²) >= 11 is 0. The van der Waals surface area contributed by atoms with E-state index >= 15 is 0 Å². The van der Waals surface area contributed by atoms with Gasteiger partial charge in [0.15, 0.2) is 0 Å². The number of aliphatic imine (C=N–C) groups is 2. The molecular weight excluding hydrogens is 813 g/mol. The van der Waals surface area contributed by atoms with E-state index in [0.29, 0.717) is 35.8 Å². The Hall–Kier alpha value is -3.02. The second-order valence-electron chi connectivity index (χ2n) is 20.8. The van der Waals surface area contributed by atoms with Crippen molar-refractivity contribution in [3.8, 4) is 23.0 Å². The Morgan fingerprint density at radius 1 is 0.364 bits per heavy atom. The van der Waals surface area contributed by atoms with Gasteiger partial charge < -0.3 is 19.7 Å². The van der Waals surface area contributed by atoms with Crippen LogP contribution in [0.1, 0.15) is 284 Å². The number of phenols is 2. The molecule has 66 heavy (non-hydrogen) atoms. The summed E-state index contributed by atoms with van der Waals surface area (Å²) in [6.07, 6.45) is 52.5. The predicted octanol–water partition coefficient (Wildman–Crippen LogP) is 19.0. The van der Waals surface area contributed by atoms with E-state index in [1.54, 1.807) is 24.6 Å². The van der Waals surface area contributed by atoms with Crippen LogP contribution in [-0.4, -0.2) is 46.9 Å². The second-order valence-corrected chi connectivity index (χ2v) is 20.8. The van der Waals surface area contributed by atoms with E-state index in [9.17, 15) is 10.2 Å². The van der Waals surface area contributed by atoms with E-state index < -0.39 is 11.1 Å². The van der Waals surface area contributed by atoms with Crippen molar-refractivity contribution in [3.05, 3.63) is 47.5 Å². The highest BCUT2D eigenvalue weighted by Crippen LogP contribution is 2.32. The molecule has 0 unspecified atom stereocenters. The van der Waals surface area contributed by atoms with Crippen LogP contribution in [0.15, 0.2) is 46.4 Å². The molecule has 2 aromatic rings. The topological polar surface area (TPSA) is 83.6 Å². The van der Waals surface area contributed by atoms with E-state index in [1.807, 2.05) is 52.0 Å². The third-order valence-corrected chi connectivity index (χ3v) is 14.1. The van der Waals surface area contributed by atoms with E-state index in [1.165, 1.54) is 218 Å². The number of benzene rings is 2. The molecule has 0 aliphatic rings. The second kappa shape index (κ2) is 38.9. The molecule has 6 heteroatoms. The average molecular weight is 918 g/mol. The molecule has 0 aliphatic heterocycles. The van der Waals surface area contributed by atoms with Gasteiger partial charge in [0.1, 0.15) is 23.0 Å². The number of aromatic hydroxyl groups is 2. The van der Waals surface area contributed by atoms with Gasteiger partial charge in [-0.25, -0.2) is 0 Å². The zero-order valence-corrected chi connectivity index (χ0v) is 44.1. The normalized spacial score (nSPS) is 12.3. The number of phenolic OH excluding ortho intramolecular Hbond substituents is 2. The molecule has 2 aromatic carbocycles. The summed E-state index contributed by atoms with van der Waals surface area (Å²) in [5, 5.41) is 21.6. The zero-order chi connectivity index (χ0) is 47.8. The molecule has 0 fully saturated rings. The summed E-state index contributed by atoms with van der Waals surface area (Å²) in [7, 11) is 0. The van der Waals surface area contributed by atoms with Gasteiger partial charge in [0, 0.05) is 35.7 Å². The molecule has 0 bridgehead atoms. The van der Waals surface area contributed by atoms with Gasteiger partial charge >= 0.3 is 0 Å². The molecule has 0 spiro atoms. The van der Waals surface area contributed by atoms with Gasteiger partial charge in [-0.1, -0.05) is 232 Å². The Morgan fingerprint density at radius 3 is 0.818 bits per heavy atom. The monoisotopic (exact) mass is 917 g/mol. The zero-order valence-electron chi connectivity index (χ0n) is 44.1. The summed E-state index contributed by atoms with van der Waals surface area (Å²) in [6, 6.07) is 10.9. The van der Waals surface area contributed by atoms with Crippen molar-refractivity contribution in [2.75, 3.05) is 13.2 Å². The summed E-state index contributed by atoms with van der Waals surface area (Å²) in [6.45, 7) is 14.0. The van der Waals surface area contributed by atoms with Crippen LogP contribution in [-0.2, 0) is 0 Å². The molecule has 0 amide bonds. The summed E-state index contributed by atoms with van der Waals surface area (Å²) in [5.74, 6) is 1.67. The fourth-order valence-corrected chi connectivity index (χ4v) is 8.61. The summed E-state index contributed by atoms with van der Waals surface area (Å²) in [5.41, 5.74) is 0.0921. The lowest BCUT2D eigenvalue weighted by Crippen LogP contribution is -2.42. The highest BCUT2D eigenvalue weighted by atomic mass is 16.5. The van der Waals surface area contributed by atoms with Crippen molar-refractivity contribution < 1.29 is 19.7 Å². The number of rotatable bonds is 45. The van der Waals surface area contributed by atoms with Gasteiger partial charge in [-0.05, 0) is 64.8 Å². The highest BCUT2D eigenvalue weighted by molar-refractivity contribution is 5.85. The maximum Gasteiger partial charge on any atom is 0.128 e. The number of ether oxygens (including phenoxy) is 2. The molecule has 0 radical (unpaired) electrons. The number of unbranched alkanes of at least 4 members (excludes halogenated alkanes) is 34. The van der Waals surface area contributed by atoms with Crippen molar-refractivity contribution in [3.63, 3.8) is 0 Å². The fraction of sp³-hybridized carbons (Fsp3) is 0.767. The Morgan fingerprint density at radius 2 is 0.591 bits per heavy atom. The van der Waals surface area contributed by atoms with Gasteiger partial charge in [-0.3, -0.25) is 9.98 Å². The molecule has 0 saturated carbocycles. The van der Waals surface area contributed by atoms with E-state index in [0.717, 1.165) is 12.8 Å². The van der Waals surface area contributed by atoms with Crippen LogP contribution in [0.2, 0.25) is 0 Å². The lowest BCUT2D eigenvalue weighted by molar-refractivity contribution is 0.302. The minimum absolute atomic E-state index is 0.151. The Bertz CT molecular complexity index is 1390. The van der Waals surface area contributed by atoms with Crippen LogP contribution in [0.3, 0.4) is 0 Å². The Balaban J connectivity index is 1.55. The SMILES string of the molecule is CCCCCCCCCCCCCCCCCCCCOc1ccc(C=NC(C)(C)C(C)(C)N=Cc2ccc(OCCCCCCCCCCCCCCCCCCCC)cc2O)c(O)c1. The van der Waals surface area contributed by atoms with Crippen molar-refractivity contribution in [2.24, 2.45) is 9.98 Å². The van der Waals surface area contributed by atoms with Gasteiger partial charge in [-0.15, -0.1) is 0 Å². The standard InChI is InChI=1S/C60H104N2O4/c1-7-9-11-13-15-17-19-21-23-25-27-29-31-33-35-37-39-41-47-65-55-45-43-53(57(63)49-55)51-61-59(3,4)60(5,6)62-52-54-44-46-56(50-58(54)64)66-48-42-40-38-36-34-32-30-28-26-24-22-20-18-16-14-12-10-8-2/h43-46,49-52,63-64H,7-42,47-48H2,1-6H3. The van der Waals surface area contributed by atoms with Gasteiger partial charge in [0.25, 0.3) is 0 Å². The van der Waals surface area contributed by atoms with Crippen LogP contribution in [0.25, 0.3) is 0 Å². The van der Waals surface area contributed by atoms with Crippen LogP contribution in [0.5, 0.6) is 23.0 Å². The average Bonchev–Trinajstić information content (AvgIpc) is 3.29. The number of hydrogen-bond acceptors (Lipinski definition) is 6. The lowest BCUT2D eigenvalue weighted by atomic mass is 9.83. The Labute approximate surface area is 408 Å². The third-order valence-electron chi connectivity index (χ3n) is 14.1. The van der Waals surface area contributed by atoms with Crippen molar-refractivity contribution >= 4 is 12.4 Å².